The van der Waals surface area contributed by atoms with Gasteiger partial charge < -0.3 is 10.6 Å². The van der Waals surface area contributed by atoms with Gasteiger partial charge in [0, 0.05) is 16.9 Å². The van der Waals surface area contributed by atoms with Crippen LogP contribution in [-0.2, 0) is 11.2 Å². The molecule has 27 heavy (non-hydrogen) atoms. The quantitative estimate of drug-likeness (QED) is 0.692. The third-order valence-electron chi connectivity index (χ3n) is 4.40. The second-order valence-electron chi connectivity index (χ2n) is 6.54. The molecule has 0 saturated carbocycles. The molecule has 4 nitrogen and oxygen atoms in total. The molecule has 2 amide bonds. The summed E-state index contributed by atoms with van der Waals surface area (Å²) in [6.45, 7) is 4.00. The molecule has 0 aliphatic heterocycles. The Morgan fingerprint density at radius 1 is 0.741 bits per heavy atom. The smallest absolute Gasteiger partial charge is 0.255 e. The van der Waals surface area contributed by atoms with Crippen LogP contribution in [-0.4, -0.2) is 11.8 Å². The molecule has 0 radical (unpaired) electrons. The van der Waals surface area contributed by atoms with Crippen molar-refractivity contribution in [3.05, 3.63) is 95.1 Å². The zero-order valence-electron chi connectivity index (χ0n) is 15.5. The number of carbonyl (C=O) groups excluding carboxylic acids is 2. The van der Waals surface area contributed by atoms with Gasteiger partial charge >= 0.3 is 0 Å². The van der Waals surface area contributed by atoms with Crippen LogP contribution in [0.25, 0.3) is 0 Å². The van der Waals surface area contributed by atoms with Crippen LogP contribution >= 0.6 is 0 Å². The summed E-state index contributed by atoms with van der Waals surface area (Å²) in [7, 11) is 0. The predicted octanol–water partition coefficient (Wildman–Crippen LogP) is 4.74. The standard InChI is InChI=1S/C23H22N2O2/c1-16-8-9-19(14-17(16)2)23(27)25-21-12-10-20(11-13-21)24-22(26)15-18-6-4-3-5-7-18/h3-14H,15H2,1-2H3,(H,24,26)(H,25,27). The van der Waals surface area contributed by atoms with Crippen LogP contribution < -0.4 is 10.6 Å². The van der Waals surface area contributed by atoms with Gasteiger partial charge in [0.05, 0.1) is 6.42 Å². The summed E-state index contributed by atoms with van der Waals surface area (Å²) in [5, 5.41) is 5.74. The maximum absolute atomic E-state index is 12.4. The number of carbonyl (C=O) groups is 2. The molecular weight excluding hydrogens is 336 g/mol. The van der Waals surface area contributed by atoms with Crippen LogP contribution in [0.5, 0.6) is 0 Å². The Bertz CT molecular complexity index is 948. The van der Waals surface area contributed by atoms with Gasteiger partial charge in [-0.25, -0.2) is 0 Å². The van der Waals surface area contributed by atoms with Gasteiger partial charge in [0.15, 0.2) is 0 Å². The monoisotopic (exact) mass is 358 g/mol. The van der Waals surface area contributed by atoms with Gasteiger partial charge in [0.2, 0.25) is 5.91 Å². The molecule has 4 heteroatoms. The van der Waals surface area contributed by atoms with Crippen molar-refractivity contribution in [3.63, 3.8) is 0 Å². The summed E-state index contributed by atoms with van der Waals surface area (Å²) in [5.41, 5.74) is 5.20. The number of amides is 2. The second kappa shape index (κ2) is 8.32. The third-order valence-corrected chi connectivity index (χ3v) is 4.40. The SMILES string of the molecule is Cc1ccc(C(=O)Nc2ccc(NC(=O)Cc3ccccc3)cc2)cc1C. The molecule has 3 aromatic rings. The summed E-state index contributed by atoms with van der Waals surface area (Å²) in [5.74, 6) is -0.230. The van der Waals surface area contributed by atoms with Gasteiger partial charge in [0.1, 0.15) is 0 Å². The third kappa shape index (κ3) is 5.05. The minimum atomic E-state index is -0.154. The maximum Gasteiger partial charge on any atom is 0.255 e. The van der Waals surface area contributed by atoms with Gasteiger partial charge in [-0.1, -0.05) is 36.4 Å². The molecule has 3 rings (SSSR count). The molecule has 0 aromatic heterocycles. The molecule has 0 unspecified atom stereocenters. The van der Waals surface area contributed by atoms with E-state index in [2.05, 4.69) is 10.6 Å². The number of anilines is 2. The molecule has 0 atom stereocenters. The number of hydrogen-bond donors (Lipinski definition) is 2. The van der Waals surface area contributed by atoms with Gasteiger partial charge in [-0.3, -0.25) is 9.59 Å². The molecule has 2 N–H and O–H groups in total. The first kappa shape index (κ1) is 18.4. The summed E-state index contributed by atoms with van der Waals surface area (Å²) < 4.78 is 0. The number of rotatable bonds is 5. The summed E-state index contributed by atoms with van der Waals surface area (Å²) in [4.78, 5) is 24.5. The summed E-state index contributed by atoms with van der Waals surface area (Å²) >= 11 is 0. The van der Waals surface area contributed by atoms with Crippen molar-refractivity contribution >= 4 is 23.2 Å². The Morgan fingerprint density at radius 3 is 2.00 bits per heavy atom. The van der Waals surface area contributed by atoms with Crippen LogP contribution in [0.2, 0.25) is 0 Å². The molecule has 136 valence electrons. The van der Waals surface area contributed by atoms with Crippen LogP contribution in [0, 0.1) is 13.8 Å². The van der Waals surface area contributed by atoms with E-state index in [9.17, 15) is 9.59 Å². The van der Waals surface area contributed by atoms with E-state index in [1.54, 1.807) is 24.3 Å². The Balaban J connectivity index is 1.59. The summed E-state index contributed by atoms with van der Waals surface area (Å²) in [6, 6.07) is 22.3. The lowest BCUT2D eigenvalue weighted by Gasteiger charge is -2.09. The number of hydrogen-bond acceptors (Lipinski definition) is 2. The highest BCUT2D eigenvalue weighted by Crippen LogP contribution is 2.16. The molecule has 3 aromatic carbocycles. The molecular formula is C23H22N2O2. The van der Waals surface area contributed by atoms with Gasteiger partial charge in [-0.2, -0.15) is 0 Å². The lowest BCUT2D eigenvalue weighted by molar-refractivity contribution is -0.115. The van der Waals surface area contributed by atoms with Crippen LogP contribution in [0.1, 0.15) is 27.0 Å². The van der Waals surface area contributed by atoms with Crippen molar-refractivity contribution in [2.24, 2.45) is 0 Å². The summed E-state index contributed by atoms with van der Waals surface area (Å²) in [6.07, 6.45) is 0.325. The fourth-order valence-electron chi connectivity index (χ4n) is 2.71. The normalized spacial score (nSPS) is 10.3. The van der Waals surface area contributed by atoms with Gasteiger partial charge in [-0.05, 0) is 66.9 Å². The Kier molecular flexibility index (Phi) is 5.67. The number of benzene rings is 3. The highest BCUT2D eigenvalue weighted by Gasteiger charge is 2.08. The average Bonchev–Trinajstić information content (AvgIpc) is 2.66. The van der Waals surface area contributed by atoms with E-state index in [1.807, 2.05) is 62.4 Å². The van der Waals surface area contributed by atoms with Crippen molar-refractivity contribution in [3.8, 4) is 0 Å². The van der Waals surface area contributed by atoms with Crippen molar-refractivity contribution in [2.45, 2.75) is 20.3 Å². The molecule has 0 saturated heterocycles. The van der Waals surface area contributed by atoms with E-state index in [0.717, 1.165) is 16.7 Å². The Labute approximate surface area is 159 Å². The fourth-order valence-corrected chi connectivity index (χ4v) is 2.71. The van der Waals surface area contributed by atoms with Crippen molar-refractivity contribution in [1.29, 1.82) is 0 Å². The molecule has 0 aliphatic carbocycles. The van der Waals surface area contributed by atoms with Crippen LogP contribution in [0.15, 0.2) is 72.8 Å². The lowest BCUT2D eigenvalue weighted by atomic mass is 10.1. The molecule has 0 spiro atoms. The first-order valence-corrected chi connectivity index (χ1v) is 8.84. The van der Waals surface area contributed by atoms with Crippen molar-refractivity contribution in [2.75, 3.05) is 10.6 Å². The molecule has 0 fully saturated rings. The second-order valence-corrected chi connectivity index (χ2v) is 6.54. The molecule has 0 aliphatic rings. The van der Waals surface area contributed by atoms with Crippen molar-refractivity contribution < 1.29 is 9.59 Å². The van der Waals surface area contributed by atoms with E-state index < -0.39 is 0 Å². The van der Waals surface area contributed by atoms with E-state index in [4.69, 9.17) is 0 Å². The van der Waals surface area contributed by atoms with E-state index >= 15 is 0 Å². The van der Waals surface area contributed by atoms with Crippen LogP contribution in [0.3, 0.4) is 0 Å². The highest BCUT2D eigenvalue weighted by molar-refractivity contribution is 6.04. The van der Waals surface area contributed by atoms with Crippen molar-refractivity contribution in [1.82, 2.24) is 0 Å². The zero-order valence-corrected chi connectivity index (χ0v) is 15.5. The first-order chi connectivity index (χ1) is 13.0. The molecule has 0 heterocycles. The topological polar surface area (TPSA) is 58.2 Å². The predicted molar refractivity (Wildman–Crippen MR) is 109 cm³/mol. The minimum absolute atomic E-state index is 0.0758. The number of aryl methyl sites for hydroxylation is 2. The number of nitrogens with one attached hydrogen (secondary N) is 2. The lowest BCUT2D eigenvalue weighted by Crippen LogP contribution is -2.15. The molecule has 0 bridgehead atoms. The fraction of sp³-hybridized carbons (Fsp3) is 0.130. The van der Waals surface area contributed by atoms with E-state index in [1.165, 1.54) is 0 Å². The zero-order chi connectivity index (χ0) is 19.2. The average molecular weight is 358 g/mol. The Hall–Kier alpha value is -3.40. The Morgan fingerprint density at radius 2 is 1.37 bits per heavy atom. The van der Waals surface area contributed by atoms with Gasteiger partial charge in [0.25, 0.3) is 5.91 Å². The van der Waals surface area contributed by atoms with E-state index in [0.29, 0.717) is 23.4 Å². The maximum atomic E-state index is 12.4. The van der Waals surface area contributed by atoms with Gasteiger partial charge in [-0.15, -0.1) is 0 Å². The highest BCUT2D eigenvalue weighted by atomic mass is 16.2. The van der Waals surface area contributed by atoms with E-state index in [-0.39, 0.29) is 11.8 Å². The first-order valence-electron chi connectivity index (χ1n) is 8.84. The van der Waals surface area contributed by atoms with Crippen LogP contribution in [0.4, 0.5) is 11.4 Å². The minimum Gasteiger partial charge on any atom is -0.326 e. The largest absolute Gasteiger partial charge is 0.326 e.